The van der Waals surface area contributed by atoms with Gasteiger partial charge in [0.25, 0.3) is 0 Å². The van der Waals surface area contributed by atoms with Gasteiger partial charge in [0.05, 0.1) is 6.61 Å². The van der Waals surface area contributed by atoms with Gasteiger partial charge >= 0.3 is 0 Å². The SMILES string of the molecule is Fc1cccc(CBr)c1OCCc1ccccn1. The van der Waals surface area contributed by atoms with E-state index in [4.69, 9.17) is 4.74 Å². The Bertz CT molecular complexity index is 504. The van der Waals surface area contributed by atoms with Crippen LogP contribution >= 0.6 is 15.9 Å². The molecule has 4 heteroatoms. The van der Waals surface area contributed by atoms with Crippen molar-refractivity contribution in [1.29, 1.82) is 0 Å². The summed E-state index contributed by atoms with van der Waals surface area (Å²) in [5.41, 5.74) is 1.75. The predicted molar refractivity (Wildman–Crippen MR) is 72.5 cm³/mol. The standard InChI is InChI=1S/C14H13BrFNO/c15-10-11-4-3-6-13(16)14(11)18-9-7-12-5-1-2-8-17-12/h1-6,8H,7,9-10H2. The Morgan fingerprint density at radius 2 is 2.06 bits per heavy atom. The molecule has 2 rings (SSSR count). The van der Waals surface area contributed by atoms with Crippen molar-refractivity contribution in [3.63, 3.8) is 0 Å². The van der Waals surface area contributed by atoms with Gasteiger partial charge in [0, 0.05) is 29.2 Å². The second-order valence-corrected chi connectivity index (χ2v) is 4.34. The second kappa shape index (κ2) is 6.50. The van der Waals surface area contributed by atoms with Crippen LogP contribution in [0, 0.1) is 5.82 Å². The number of hydrogen-bond donors (Lipinski definition) is 0. The fraction of sp³-hybridized carbons (Fsp3) is 0.214. The Kier molecular flexibility index (Phi) is 4.70. The molecule has 0 fully saturated rings. The summed E-state index contributed by atoms with van der Waals surface area (Å²) in [6.45, 7) is 0.415. The van der Waals surface area contributed by atoms with E-state index in [0.717, 1.165) is 11.3 Å². The monoisotopic (exact) mass is 309 g/mol. The molecular weight excluding hydrogens is 297 g/mol. The minimum Gasteiger partial charge on any atom is -0.490 e. The number of hydrogen-bond acceptors (Lipinski definition) is 2. The molecule has 0 radical (unpaired) electrons. The molecule has 0 saturated heterocycles. The van der Waals surface area contributed by atoms with E-state index in [1.165, 1.54) is 6.07 Å². The van der Waals surface area contributed by atoms with Gasteiger partial charge < -0.3 is 4.74 Å². The molecule has 0 amide bonds. The first kappa shape index (κ1) is 13.0. The maximum absolute atomic E-state index is 13.6. The van der Waals surface area contributed by atoms with Gasteiger partial charge in [0.15, 0.2) is 11.6 Å². The summed E-state index contributed by atoms with van der Waals surface area (Å²) in [5.74, 6) is -0.00160. The number of para-hydroxylation sites is 1. The van der Waals surface area contributed by atoms with Crippen LogP contribution in [0.1, 0.15) is 11.3 Å². The maximum Gasteiger partial charge on any atom is 0.165 e. The van der Waals surface area contributed by atoms with Crippen molar-refractivity contribution in [3.8, 4) is 5.75 Å². The third kappa shape index (κ3) is 3.29. The average molecular weight is 310 g/mol. The van der Waals surface area contributed by atoms with E-state index in [1.807, 2.05) is 24.3 Å². The Balaban J connectivity index is 1.98. The van der Waals surface area contributed by atoms with Gasteiger partial charge in [0.1, 0.15) is 0 Å². The summed E-state index contributed by atoms with van der Waals surface area (Å²) in [6, 6.07) is 10.6. The van der Waals surface area contributed by atoms with Crippen LogP contribution in [0.15, 0.2) is 42.6 Å². The number of nitrogens with zero attached hydrogens (tertiary/aromatic N) is 1. The molecular formula is C14H13BrFNO. The van der Waals surface area contributed by atoms with Crippen molar-refractivity contribution in [2.75, 3.05) is 6.61 Å². The normalized spacial score (nSPS) is 10.3. The van der Waals surface area contributed by atoms with Crippen molar-refractivity contribution >= 4 is 15.9 Å². The summed E-state index contributed by atoms with van der Waals surface area (Å²) in [5, 5.41) is 0.573. The highest BCUT2D eigenvalue weighted by Crippen LogP contribution is 2.24. The highest BCUT2D eigenvalue weighted by atomic mass is 79.9. The second-order valence-electron chi connectivity index (χ2n) is 3.78. The van der Waals surface area contributed by atoms with Crippen LogP contribution in [-0.2, 0) is 11.8 Å². The minimum atomic E-state index is -0.326. The van der Waals surface area contributed by atoms with E-state index in [1.54, 1.807) is 12.3 Å². The molecule has 2 nitrogen and oxygen atoms in total. The van der Waals surface area contributed by atoms with Crippen LogP contribution in [0.25, 0.3) is 0 Å². The van der Waals surface area contributed by atoms with Crippen LogP contribution in [0.4, 0.5) is 4.39 Å². The Hall–Kier alpha value is -1.42. The third-order valence-electron chi connectivity index (χ3n) is 2.52. The number of benzene rings is 1. The maximum atomic E-state index is 13.6. The van der Waals surface area contributed by atoms with E-state index < -0.39 is 0 Å². The Labute approximate surface area is 114 Å². The summed E-state index contributed by atoms with van der Waals surface area (Å²) < 4.78 is 19.1. The molecule has 0 N–H and O–H groups in total. The van der Waals surface area contributed by atoms with Crippen molar-refractivity contribution in [1.82, 2.24) is 4.98 Å². The molecule has 0 bridgehead atoms. The number of halogens is 2. The fourth-order valence-electron chi connectivity index (χ4n) is 1.62. The van der Waals surface area contributed by atoms with E-state index in [9.17, 15) is 4.39 Å². The van der Waals surface area contributed by atoms with Crippen molar-refractivity contribution in [2.24, 2.45) is 0 Å². The first-order valence-corrected chi connectivity index (χ1v) is 6.79. The van der Waals surface area contributed by atoms with Gasteiger partial charge in [-0.1, -0.05) is 34.1 Å². The van der Waals surface area contributed by atoms with Crippen molar-refractivity contribution in [3.05, 3.63) is 59.7 Å². The molecule has 1 aromatic carbocycles. The molecule has 0 atom stereocenters. The summed E-state index contributed by atoms with van der Waals surface area (Å²) >= 11 is 3.32. The number of ether oxygens (including phenoxy) is 1. The molecule has 2 aromatic rings. The van der Waals surface area contributed by atoms with Gasteiger partial charge in [-0.3, -0.25) is 4.98 Å². The molecule has 0 spiro atoms. The van der Waals surface area contributed by atoms with E-state index in [2.05, 4.69) is 20.9 Å². The number of alkyl halides is 1. The van der Waals surface area contributed by atoms with E-state index >= 15 is 0 Å². The lowest BCUT2D eigenvalue weighted by atomic mass is 10.2. The number of aromatic nitrogens is 1. The molecule has 0 aliphatic heterocycles. The lowest BCUT2D eigenvalue weighted by molar-refractivity contribution is 0.301. The summed E-state index contributed by atoms with van der Waals surface area (Å²) in [6.07, 6.45) is 2.40. The Morgan fingerprint density at radius 3 is 2.78 bits per heavy atom. The molecule has 1 aromatic heterocycles. The largest absolute Gasteiger partial charge is 0.490 e. The van der Waals surface area contributed by atoms with Gasteiger partial charge in [-0.25, -0.2) is 4.39 Å². The first-order chi connectivity index (χ1) is 8.81. The van der Waals surface area contributed by atoms with Crippen molar-refractivity contribution in [2.45, 2.75) is 11.8 Å². The van der Waals surface area contributed by atoms with Gasteiger partial charge in [-0.15, -0.1) is 0 Å². The van der Waals surface area contributed by atoms with Crippen LogP contribution in [0.2, 0.25) is 0 Å². The summed E-state index contributed by atoms with van der Waals surface area (Å²) in [7, 11) is 0. The lowest BCUT2D eigenvalue weighted by Crippen LogP contribution is -2.05. The lowest BCUT2D eigenvalue weighted by Gasteiger charge is -2.10. The Morgan fingerprint density at radius 1 is 1.17 bits per heavy atom. The molecule has 0 saturated carbocycles. The van der Waals surface area contributed by atoms with Gasteiger partial charge in [0.2, 0.25) is 0 Å². The van der Waals surface area contributed by atoms with Gasteiger partial charge in [-0.05, 0) is 18.2 Å². The van der Waals surface area contributed by atoms with E-state index in [-0.39, 0.29) is 5.82 Å². The third-order valence-corrected chi connectivity index (χ3v) is 3.13. The molecule has 1 heterocycles. The zero-order chi connectivity index (χ0) is 12.8. The number of pyridine rings is 1. The fourth-order valence-corrected chi connectivity index (χ4v) is 2.07. The highest BCUT2D eigenvalue weighted by Gasteiger charge is 2.08. The smallest absolute Gasteiger partial charge is 0.165 e. The van der Waals surface area contributed by atoms with Crippen molar-refractivity contribution < 1.29 is 9.13 Å². The predicted octanol–water partition coefficient (Wildman–Crippen LogP) is 3.74. The van der Waals surface area contributed by atoms with Crippen LogP contribution in [0.5, 0.6) is 5.75 Å². The van der Waals surface area contributed by atoms with Crippen LogP contribution in [-0.4, -0.2) is 11.6 Å². The van der Waals surface area contributed by atoms with Crippen LogP contribution in [0.3, 0.4) is 0 Å². The van der Waals surface area contributed by atoms with Crippen LogP contribution < -0.4 is 4.74 Å². The first-order valence-electron chi connectivity index (χ1n) is 5.67. The minimum absolute atomic E-state index is 0.324. The summed E-state index contributed by atoms with van der Waals surface area (Å²) in [4.78, 5) is 4.19. The van der Waals surface area contributed by atoms with Gasteiger partial charge in [-0.2, -0.15) is 0 Å². The number of rotatable bonds is 5. The van der Waals surface area contributed by atoms with E-state index in [0.29, 0.717) is 24.1 Å². The highest BCUT2D eigenvalue weighted by molar-refractivity contribution is 9.08. The topological polar surface area (TPSA) is 22.1 Å². The molecule has 94 valence electrons. The zero-order valence-electron chi connectivity index (χ0n) is 9.77. The molecule has 18 heavy (non-hydrogen) atoms. The zero-order valence-corrected chi connectivity index (χ0v) is 11.4. The molecule has 0 aliphatic rings. The quantitative estimate of drug-likeness (QED) is 0.785. The molecule has 0 aliphatic carbocycles. The average Bonchev–Trinajstić information content (AvgIpc) is 2.41. The molecule has 0 unspecified atom stereocenters.